The summed E-state index contributed by atoms with van der Waals surface area (Å²) in [6.45, 7) is 7.70. The first-order chi connectivity index (χ1) is 17.4. The largest absolute Gasteiger partial charge is 0.491 e. The highest BCUT2D eigenvalue weighted by atomic mass is 35.5. The van der Waals surface area contributed by atoms with Crippen molar-refractivity contribution in [1.82, 2.24) is 9.80 Å². The van der Waals surface area contributed by atoms with E-state index in [0.717, 1.165) is 24.0 Å². The van der Waals surface area contributed by atoms with Crippen molar-refractivity contribution in [2.75, 3.05) is 26.2 Å². The Morgan fingerprint density at radius 1 is 1.17 bits per heavy atom. The number of hydrogen-bond acceptors (Lipinski definition) is 4. The molecule has 0 bridgehead atoms. The number of ether oxygens (including phenoxy) is 1. The third-order valence-corrected chi connectivity index (χ3v) is 8.10. The van der Waals surface area contributed by atoms with Gasteiger partial charge in [-0.2, -0.15) is 0 Å². The van der Waals surface area contributed by atoms with E-state index in [-0.39, 0.29) is 24.4 Å². The van der Waals surface area contributed by atoms with Crippen LogP contribution in [0.25, 0.3) is 0 Å². The average molecular weight is 525 g/mol. The fraction of sp³-hybridized carbons (Fsp3) is 0.379. The third-order valence-electron chi connectivity index (χ3n) is 6.85. The Morgan fingerprint density at radius 3 is 2.64 bits per heavy atom. The number of nitrogens with zero attached hydrogens (tertiary/aromatic N) is 2. The molecule has 2 aromatic carbocycles. The van der Waals surface area contributed by atoms with Gasteiger partial charge >= 0.3 is 0 Å². The predicted octanol–water partition coefficient (Wildman–Crippen LogP) is 6.40. The molecule has 2 amide bonds. The summed E-state index contributed by atoms with van der Waals surface area (Å²) < 4.78 is 6.10. The molecule has 190 valence electrons. The summed E-state index contributed by atoms with van der Waals surface area (Å²) in [5, 5.41) is 2.72. The molecule has 0 aliphatic carbocycles. The van der Waals surface area contributed by atoms with Crippen LogP contribution in [-0.4, -0.2) is 47.9 Å². The molecule has 0 fully saturated rings. The number of benzene rings is 2. The van der Waals surface area contributed by atoms with Crippen molar-refractivity contribution in [3.05, 3.63) is 86.6 Å². The molecule has 2 atom stereocenters. The molecule has 0 saturated carbocycles. The van der Waals surface area contributed by atoms with Gasteiger partial charge in [-0.1, -0.05) is 50.1 Å². The zero-order chi connectivity index (χ0) is 25.7. The molecule has 0 radical (unpaired) electrons. The lowest BCUT2D eigenvalue weighted by molar-refractivity contribution is -0.135. The second-order valence-corrected chi connectivity index (χ2v) is 10.9. The van der Waals surface area contributed by atoms with Gasteiger partial charge in [0.2, 0.25) is 5.91 Å². The molecule has 0 saturated heterocycles. The Kier molecular flexibility index (Phi) is 8.70. The van der Waals surface area contributed by atoms with E-state index >= 15 is 0 Å². The first kappa shape index (κ1) is 26.2. The number of carbonyl (C=O) groups is 2. The summed E-state index contributed by atoms with van der Waals surface area (Å²) in [4.78, 5) is 32.2. The molecule has 2 heterocycles. The van der Waals surface area contributed by atoms with E-state index < -0.39 is 0 Å². The number of amides is 2. The minimum absolute atomic E-state index is 0.0500. The van der Waals surface area contributed by atoms with E-state index in [4.69, 9.17) is 16.3 Å². The topological polar surface area (TPSA) is 49.9 Å². The fourth-order valence-electron chi connectivity index (χ4n) is 4.54. The van der Waals surface area contributed by atoms with Gasteiger partial charge in [-0.25, -0.2) is 0 Å². The maximum atomic E-state index is 13.8. The SMILES string of the molecule is CC[C@H](C)CN(CC(=O)N1CCc2sccc2[C@@H]1COc1ccc(Cl)cc1)C(=O)c1ccccc1C. The predicted molar refractivity (Wildman–Crippen MR) is 146 cm³/mol. The molecule has 1 aliphatic rings. The van der Waals surface area contributed by atoms with Gasteiger partial charge in [0.25, 0.3) is 5.91 Å². The molecule has 3 aromatic rings. The van der Waals surface area contributed by atoms with Crippen molar-refractivity contribution >= 4 is 34.8 Å². The quantitative estimate of drug-likeness (QED) is 0.325. The van der Waals surface area contributed by atoms with E-state index in [9.17, 15) is 9.59 Å². The van der Waals surface area contributed by atoms with Crippen LogP contribution in [0.4, 0.5) is 0 Å². The number of carbonyl (C=O) groups excluding carboxylic acids is 2. The number of rotatable bonds is 9. The van der Waals surface area contributed by atoms with Gasteiger partial charge in [0.1, 0.15) is 18.9 Å². The van der Waals surface area contributed by atoms with Crippen LogP contribution < -0.4 is 4.74 Å². The van der Waals surface area contributed by atoms with Gasteiger partial charge in [-0.15, -0.1) is 11.3 Å². The van der Waals surface area contributed by atoms with Gasteiger partial charge in [0, 0.05) is 28.6 Å². The zero-order valence-electron chi connectivity index (χ0n) is 21.1. The molecule has 7 heteroatoms. The van der Waals surface area contributed by atoms with Crippen LogP contribution in [0.3, 0.4) is 0 Å². The lowest BCUT2D eigenvalue weighted by Gasteiger charge is -2.37. The van der Waals surface area contributed by atoms with Gasteiger partial charge in [-0.05, 0) is 72.2 Å². The number of fused-ring (bicyclic) bond motifs is 1. The molecule has 1 aromatic heterocycles. The maximum absolute atomic E-state index is 13.8. The van der Waals surface area contributed by atoms with Gasteiger partial charge in [-0.3, -0.25) is 9.59 Å². The molecule has 36 heavy (non-hydrogen) atoms. The number of halogens is 1. The van der Waals surface area contributed by atoms with Crippen LogP contribution in [0.2, 0.25) is 5.02 Å². The first-order valence-electron chi connectivity index (χ1n) is 12.5. The lowest BCUT2D eigenvalue weighted by atomic mass is 10.00. The average Bonchev–Trinajstić information content (AvgIpc) is 3.36. The minimum atomic E-state index is -0.206. The second kappa shape index (κ2) is 11.9. The molecule has 0 spiro atoms. The number of hydrogen-bond donors (Lipinski definition) is 0. The minimum Gasteiger partial charge on any atom is -0.491 e. The molecule has 4 rings (SSSR count). The summed E-state index contributed by atoms with van der Waals surface area (Å²) in [5.74, 6) is 0.854. The van der Waals surface area contributed by atoms with Crippen molar-refractivity contribution in [1.29, 1.82) is 0 Å². The van der Waals surface area contributed by atoms with Crippen molar-refractivity contribution in [3.63, 3.8) is 0 Å². The standard InChI is InChI=1S/C29H33ClN2O3S/c1-4-20(2)17-31(29(34)24-8-6-5-7-21(24)3)18-28(33)32-15-13-27-25(14-16-36-27)26(32)19-35-23-11-9-22(30)10-12-23/h5-12,14,16,20,26H,4,13,15,17-19H2,1-3H3/t20-,26-/m0/s1. The summed E-state index contributed by atoms with van der Waals surface area (Å²) in [6, 6.07) is 16.7. The summed E-state index contributed by atoms with van der Waals surface area (Å²) >= 11 is 7.73. The summed E-state index contributed by atoms with van der Waals surface area (Å²) in [7, 11) is 0. The van der Waals surface area contributed by atoms with E-state index in [1.807, 2.05) is 48.2 Å². The van der Waals surface area contributed by atoms with E-state index in [1.54, 1.807) is 28.4 Å². The monoisotopic (exact) mass is 524 g/mol. The van der Waals surface area contributed by atoms with Crippen molar-refractivity contribution in [3.8, 4) is 5.75 Å². The van der Waals surface area contributed by atoms with Crippen LogP contribution >= 0.6 is 22.9 Å². The maximum Gasteiger partial charge on any atom is 0.254 e. The summed E-state index contributed by atoms with van der Waals surface area (Å²) in [6.07, 6.45) is 1.75. The molecule has 1 aliphatic heterocycles. The Bertz CT molecular complexity index is 1190. The molecule has 0 N–H and O–H groups in total. The van der Waals surface area contributed by atoms with Crippen LogP contribution in [-0.2, 0) is 11.2 Å². The van der Waals surface area contributed by atoms with E-state index in [2.05, 4.69) is 25.3 Å². The smallest absolute Gasteiger partial charge is 0.254 e. The van der Waals surface area contributed by atoms with Gasteiger partial charge in [0.05, 0.1) is 6.04 Å². The van der Waals surface area contributed by atoms with Crippen LogP contribution in [0.5, 0.6) is 5.75 Å². The lowest BCUT2D eigenvalue weighted by Crippen LogP contribution is -2.48. The van der Waals surface area contributed by atoms with E-state index in [1.165, 1.54) is 4.88 Å². The Morgan fingerprint density at radius 2 is 1.92 bits per heavy atom. The van der Waals surface area contributed by atoms with Crippen molar-refractivity contribution in [2.24, 2.45) is 5.92 Å². The Labute approximate surface area is 222 Å². The third kappa shape index (κ3) is 6.11. The van der Waals surface area contributed by atoms with Crippen LogP contribution in [0.15, 0.2) is 60.0 Å². The first-order valence-corrected chi connectivity index (χ1v) is 13.7. The normalized spacial score (nSPS) is 15.8. The second-order valence-electron chi connectivity index (χ2n) is 9.43. The van der Waals surface area contributed by atoms with Crippen LogP contribution in [0, 0.1) is 12.8 Å². The number of aryl methyl sites for hydroxylation is 1. The molecular weight excluding hydrogens is 492 g/mol. The highest BCUT2D eigenvalue weighted by molar-refractivity contribution is 7.10. The van der Waals surface area contributed by atoms with Gasteiger partial charge in [0.15, 0.2) is 0 Å². The summed E-state index contributed by atoms with van der Waals surface area (Å²) in [5.41, 5.74) is 2.70. The van der Waals surface area contributed by atoms with Crippen LogP contribution in [0.1, 0.15) is 52.7 Å². The molecule has 0 unspecified atom stereocenters. The highest BCUT2D eigenvalue weighted by Crippen LogP contribution is 2.34. The van der Waals surface area contributed by atoms with Crippen molar-refractivity contribution < 1.29 is 14.3 Å². The zero-order valence-corrected chi connectivity index (χ0v) is 22.6. The van der Waals surface area contributed by atoms with Crippen molar-refractivity contribution in [2.45, 2.75) is 39.7 Å². The highest BCUT2D eigenvalue weighted by Gasteiger charge is 2.34. The molecule has 5 nitrogen and oxygen atoms in total. The molecular formula is C29H33ClN2O3S. The van der Waals surface area contributed by atoms with E-state index in [0.29, 0.717) is 41.9 Å². The Balaban J connectivity index is 1.55. The number of thiophene rings is 1. The van der Waals surface area contributed by atoms with Gasteiger partial charge < -0.3 is 14.5 Å². The Hall–Kier alpha value is -2.83. The fourth-order valence-corrected chi connectivity index (χ4v) is 5.60.